The largest absolute Gasteiger partial charge is 0.496 e. The molecule has 0 spiro atoms. The molecule has 0 N–H and O–H groups in total. The molecule has 1 aromatic rings. The highest BCUT2D eigenvalue weighted by atomic mass is 16.5. The Labute approximate surface area is 148 Å². The average molecular weight is 347 g/mol. The SMILES string of the molecule is CCOC(=O)C1CCN(C(=O)/C=C/c2c(OC)cccc2OC)CC1. The number of likely N-dealkylation sites (tertiary alicyclic amines) is 1. The fraction of sp³-hybridized carbons (Fsp3) is 0.474. The number of ether oxygens (including phenoxy) is 3. The molecule has 1 saturated heterocycles. The highest BCUT2D eigenvalue weighted by Crippen LogP contribution is 2.29. The molecule has 1 aromatic carbocycles. The van der Waals surface area contributed by atoms with Crippen LogP contribution in [0.2, 0.25) is 0 Å². The number of hydrogen-bond donors (Lipinski definition) is 0. The van der Waals surface area contributed by atoms with Gasteiger partial charge in [-0.2, -0.15) is 0 Å². The second kappa shape index (κ2) is 9.11. The summed E-state index contributed by atoms with van der Waals surface area (Å²) < 4.78 is 15.7. The van der Waals surface area contributed by atoms with E-state index in [2.05, 4.69) is 0 Å². The Hall–Kier alpha value is -2.50. The van der Waals surface area contributed by atoms with Gasteiger partial charge in [0.05, 0.1) is 32.3 Å². The van der Waals surface area contributed by atoms with Crippen LogP contribution in [0.4, 0.5) is 0 Å². The van der Waals surface area contributed by atoms with E-state index < -0.39 is 0 Å². The summed E-state index contributed by atoms with van der Waals surface area (Å²) in [6, 6.07) is 5.46. The lowest BCUT2D eigenvalue weighted by atomic mass is 9.97. The first-order valence-electron chi connectivity index (χ1n) is 8.45. The van der Waals surface area contributed by atoms with Gasteiger partial charge in [-0.3, -0.25) is 9.59 Å². The van der Waals surface area contributed by atoms with Crippen molar-refractivity contribution in [3.63, 3.8) is 0 Å². The second-order valence-electron chi connectivity index (χ2n) is 5.76. The molecular formula is C19H25NO5. The van der Waals surface area contributed by atoms with E-state index in [-0.39, 0.29) is 17.8 Å². The average Bonchev–Trinajstić information content (AvgIpc) is 2.66. The van der Waals surface area contributed by atoms with Crippen molar-refractivity contribution in [3.05, 3.63) is 29.8 Å². The zero-order chi connectivity index (χ0) is 18.2. The fourth-order valence-corrected chi connectivity index (χ4v) is 2.90. The van der Waals surface area contributed by atoms with E-state index in [1.165, 1.54) is 6.08 Å². The lowest BCUT2D eigenvalue weighted by molar-refractivity contribution is -0.150. The molecule has 1 aliphatic heterocycles. The van der Waals surface area contributed by atoms with Gasteiger partial charge in [0.15, 0.2) is 0 Å². The fourth-order valence-electron chi connectivity index (χ4n) is 2.90. The van der Waals surface area contributed by atoms with Crippen LogP contribution in [0.5, 0.6) is 11.5 Å². The van der Waals surface area contributed by atoms with Crippen LogP contribution < -0.4 is 9.47 Å². The number of hydrogen-bond acceptors (Lipinski definition) is 5. The molecule has 1 aliphatic rings. The minimum atomic E-state index is -0.163. The molecule has 0 aliphatic carbocycles. The van der Waals surface area contributed by atoms with Crippen LogP contribution in [-0.4, -0.2) is 50.7 Å². The maximum Gasteiger partial charge on any atom is 0.309 e. The summed E-state index contributed by atoms with van der Waals surface area (Å²) in [5.41, 5.74) is 0.724. The molecule has 0 unspecified atom stereocenters. The Morgan fingerprint density at radius 1 is 1.16 bits per heavy atom. The van der Waals surface area contributed by atoms with Crippen LogP contribution in [0.15, 0.2) is 24.3 Å². The number of amides is 1. The predicted octanol–water partition coefficient (Wildman–Crippen LogP) is 2.52. The van der Waals surface area contributed by atoms with Gasteiger partial charge >= 0.3 is 5.97 Å². The topological polar surface area (TPSA) is 65.1 Å². The van der Waals surface area contributed by atoms with E-state index in [9.17, 15) is 9.59 Å². The molecule has 1 heterocycles. The van der Waals surface area contributed by atoms with Gasteiger partial charge in [0, 0.05) is 19.2 Å². The van der Waals surface area contributed by atoms with Gasteiger partial charge in [-0.1, -0.05) is 6.07 Å². The number of methoxy groups -OCH3 is 2. The molecule has 1 fully saturated rings. The molecule has 136 valence electrons. The maximum atomic E-state index is 12.4. The lowest BCUT2D eigenvalue weighted by Crippen LogP contribution is -2.39. The third-order valence-corrected chi connectivity index (χ3v) is 4.29. The second-order valence-corrected chi connectivity index (χ2v) is 5.76. The smallest absolute Gasteiger partial charge is 0.309 e. The van der Waals surface area contributed by atoms with Crippen LogP contribution in [0.25, 0.3) is 6.08 Å². The van der Waals surface area contributed by atoms with Crippen LogP contribution in [0, 0.1) is 5.92 Å². The molecular weight excluding hydrogens is 322 g/mol. The summed E-state index contributed by atoms with van der Waals surface area (Å²) in [7, 11) is 3.15. The van der Waals surface area contributed by atoms with Crippen molar-refractivity contribution >= 4 is 18.0 Å². The summed E-state index contributed by atoms with van der Waals surface area (Å²) in [5.74, 6) is 0.926. The Morgan fingerprint density at radius 2 is 1.76 bits per heavy atom. The van der Waals surface area contributed by atoms with Crippen molar-refractivity contribution < 1.29 is 23.8 Å². The normalized spacial score (nSPS) is 15.2. The van der Waals surface area contributed by atoms with Crippen LogP contribution in [-0.2, 0) is 14.3 Å². The van der Waals surface area contributed by atoms with E-state index in [0.717, 1.165) is 5.56 Å². The van der Waals surface area contributed by atoms with Crippen LogP contribution >= 0.6 is 0 Å². The molecule has 6 nitrogen and oxygen atoms in total. The molecule has 0 atom stereocenters. The molecule has 0 saturated carbocycles. The highest BCUT2D eigenvalue weighted by Gasteiger charge is 2.27. The first-order chi connectivity index (χ1) is 12.1. The highest BCUT2D eigenvalue weighted by molar-refractivity contribution is 5.92. The molecule has 1 amide bonds. The number of esters is 1. The quantitative estimate of drug-likeness (QED) is 0.584. The van der Waals surface area contributed by atoms with E-state index in [4.69, 9.17) is 14.2 Å². The number of carbonyl (C=O) groups excluding carboxylic acids is 2. The summed E-state index contributed by atoms with van der Waals surface area (Å²) in [6.45, 7) is 3.29. The Morgan fingerprint density at radius 3 is 2.28 bits per heavy atom. The number of piperidine rings is 1. The van der Waals surface area contributed by atoms with Crippen molar-refractivity contribution in [3.8, 4) is 11.5 Å². The van der Waals surface area contributed by atoms with Crippen molar-refractivity contribution in [1.29, 1.82) is 0 Å². The zero-order valence-corrected chi connectivity index (χ0v) is 15.0. The first-order valence-corrected chi connectivity index (χ1v) is 8.45. The number of nitrogens with zero attached hydrogens (tertiary/aromatic N) is 1. The Kier molecular flexibility index (Phi) is 6.86. The molecule has 0 radical (unpaired) electrons. The van der Waals surface area contributed by atoms with Crippen molar-refractivity contribution in [1.82, 2.24) is 4.90 Å². The molecule has 0 aromatic heterocycles. The minimum absolute atomic E-state index is 0.0877. The van der Waals surface area contributed by atoms with E-state index in [1.54, 1.807) is 32.1 Å². The van der Waals surface area contributed by atoms with Crippen molar-refractivity contribution in [2.24, 2.45) is 5.92 Å². The third-order valence-electron chi connectivity index (χ3n) is 4.29. The van der Waals surface area contributed by atoms with Gasteiger partial charge in [0.1, 0.15) is 11.5 Å². The first kappa shape index (κ1) is 18.8. The number of rotatable bonds is 6. The zero-order valence-electron chi connectivity index (χ0n) is 15.0. The Balaban J connectivity index is 1.99. The summed E-state index contributed by atoms with van der Waals surface area (Å²) in [4.78, 5) is 25.9. The van der Waals surface area contributed by atoms with Gasteiger partial charge in [-0.05, 0) is 38.0 Å². The molecule has 0 bridgehead atoms. The van der Waals surface area contributed by atoms with Crippen LogP contribution in [0.3, 0.4) is 0 Å². The molecule has 6 heteroatoms. The predicted molar refractivity (Wildman–Crippen MR) is 94.5 cm³/mol. The van der Waals surface area contributed by atoms with E-state index in [0.29, 0.717) is 44.0 Å². The number of carbonyl (C=O) groups is 2. The van der Waals surface area contributed by atoms with E-state index in [1.807, 2.05) is 18.2 Å². The minimum Gasteiger partial charge on any atom is -0.496 e. The van der Waals surface area contributed by atoms with E-state index >= 15 is 0 Å². The van der Waals surface area contributed by atoms with Gasteiger partial charge in [-0.15, -0.1) is 0 Å². The van der Waals surface area contributed by atoms with Crippen LogP contribution in [0.1, 0.15) is 25.3 Å². The molecule has 2 rings (SSSR count). The maximum absolute atomic E-state index is 12.4. The van der Waals surface area contributed by atoms with Gasteiger partial charge in [-0.25, -0.2) is 0 Å². The summed E-state index contributed by atoms with van der Waals surface area (Å²) in [6.07, 6.45) is 4.50. The van der Waals surface area contributed by atoms with Crippen molar-refractivity contribution in [2.45, 2.75) is 19.8 Å². The van der Waals surface area contributed by atoms with Crippen molar-refractivity contribution in [2.75, 3.05) is 33.9 Å². The lowest BCUT2D eigenvalue weighted by Gasteiger charge is -2.30. The van der Waals surface area contributed by atoms with Gasteiger partial charge in [0.2, 0.25) is 5.91 Å². The third kappa shape index (κ3) is 4.75. The summed E-state index contributed by atoms with van der Waals surface area (Å²) in [5, 5.41) is 0. The number of benzene rings is 1. The molecule has 25 heavy (non-hydrogen) atoms. The Bertz CT molecular complexity index is 610. The standard InChI is InChI=1S/C19H25NO5/c1-4-25-19(22)14-10-12-20(13-11-14)18(21)9-8-15-16(23-2)6-5-7-17(15)24-3/h5-9,14H,4,10-13H2,1-3H3/b9-8+. The summed E-state index contributed by atoms with van der Waals surface area (Å²) >= 11 is 0. The monoisotopic (exact) mass is 347 g/mol. The van der Waals surface area contributed by atoms with Gasteiger partial charge < -0.3 is 19.1 Å². The van der Waals surface area contributed by atoms with Gasteiger partial charge in [0.25, 0.3) is 0 Å².